The van der Waals surface area contributed by atoms with Gasteiger partial charge in [0.25, 0.3) is 0 Å². The molecule has 1 atom stereocenters. The third-order valence-corrected chi connectivity index (χ3v) is 3.55. The van der Waals surface area contributed by atoms with Crippen LogP contribution >= 0.6 is 11.6 Å². The van der Waals surface area contributed by atoms with Gasteiger partial charge in [-0.15, -0.1) is 11.6 Å². The van der Waals surface area contributed by atoms with Crippen LogP contribution in [0.25, 0.3) is 0 Å². The average Bonchev–Trinajstić information content (AvgIpc) is 2.48. The maximum Gasteiger partial charge on any atom is 0.128 e. The van der Waals surface area contributed by atoms with E-state index in [1.54, 1.807) is 0 Å². The number of halogens is 3. The molecule has 0 heterocycles. The molecule has 0 amide bonds. The van der Waals surface area contributed by atoms with Crippen molar-refractivity contribution in [3.63, 3.8) is 0 Å². The largest absolute Gasteiger partial charge is 0.370 e. The predicted molar refractivity (Wildman–Crippen MR) is 79.3 cm³/mol. The van der Waals surface area contributed by atoms with E-state index in [1.165, 1.54) is 0 Å². The van der Waals surface area contributed by atoms with Gasteiger partial charge in [-0.3, -0.25) is 0 Å². The van der Waals surface area contributed by atoms with Crippen molar-refractivity contribution in [1.29, 1.82) is 0 Å². The molecule has 0 saturated carbocycles. The van der Waals surface area contributed by atoms with Crippen molar-refractivity contribution >= 4 is 17.3 Å². The Hall–Kier alpha value is -1.61. The van der Waals surface area contributed by atoms with Gasteiger partial charge in [0.2, 0.25) is 0 Å². The first kappa shape index (κ1) is 14.8. The molecule has 0 saturated heterocycles. The quantitative estimate of drug-likeness (QED) is 0.718. The molecule has 0 aromatic heterocycles. The first-order valence-electron chi connectivity index (χ1n) is 6.50. The lowest BCUT2D eigenvalue weighted by atomic mass is 10.1. The molecule has 0 spiro atoms. The fourth-order valence-corrected chi connectivity index (χ4v) is 2.44. The van der Waals surface area contributed by atoms with Gasteiger partial charge in [0.15, 0.2) is 0 Å². The van der Waals surface area contributed by atoms with Crippen molar-refractivity contribution in [1.82, 2.24) is 0 Å². The SMILES string of the molecule is CCN(CC(Cl)c1cc(F)ccc1F)c1ccccc1. The van der Waals surface area contributed by atoms with Crippen LogP contribution in [-0.2, 0) is 0 Å². The van der Waals surface area contributed by atoms with E-state index < -0.39 is 17.0 Å². The monoisotopic (exact) mass is 295 g/mol. The normalized spacial score (nSPS) is 12.2. The second-order valence-corrected chi connectivity index (χ2v) is 5.03. The fourth-order valence-electron chi connectivity index (χ4n) is 2.10. The van der Waals surface area contributed by atoms with Crippen LogP contribution in [0.5, 0.6) is 0 Å². The third-order valence-electron chi connectivity index (χ3n) is 3.18. The lowest BCUT2D eigenvalue weighted by molar-refractivity contribution is 0.580. The predicted octanol–water partition coefficient (Wildman–Crippen LogP) is 4.77. The Bertz CT molecular complexity index is 560. The summed E-state index contributed by atoms with van der Waals surface area (Å²) in [6, 6.07) is 13.1. The van der Waals surface area contributed by atoms with Gasteiger partial charge in [0.1, 0.15) is 11.6 Å². The first-order valence-corrected chi connectivity index (χ1v) is 6.94. The lowest BCUT2D eigenvalue weighted by Crippen LogP contribution is -2.26. The molecule has 106 valence electrons. The minimum absolute atomic E-state index is 0.195. The van der Waals surface area contributed by atoms with Crippen LogP contribution in [-0.4, -0.2) is 13.1 Å². The second kappa shape index (κ2) is 6.71. The van der Waals surface area contributed by atoms with E-state index in [-0.39, 0.29) is 5.56 Å². The maximum absolute atomic E-state index is 13.7. The molecule has 0 fully saturated rings. The molecule has 1 unspecified atom stereocenters. The molecule has 0 N–H and O–H groups in total. The Morgan fingerprint density at radius 3 is 2.45 bits per heavy atom. The molecule has 4 heteroatoms. The van der Waals surface area contributed by atoms with Crippen molar-refractivity contribution < 1.29 is 8.78 Å². The fraction of sp³-hybridized carbons (Fsp3) is 0.250. The van der Waals surface area contributed by atoms with Crippen molar-refractivity contribution in [2.24, 2.45) is 0 Å². The minimum Gasteiger partial charge on any atom is -0.370 e. The van der Waals surface area contributed by atoms with Gasteiger partial charge in [-0.1, -0.05) is 18.2 Å². The maximum atomic E-state index is 13.7. The van der Waals surface area contributed by atoms with Crippen LogP contribution in [0.4, 0.5) is 14.5 Å². The molecule has 0 radical (unpaired) electrons. The molecular formula is C16H16ClF2N. The summed E-state index contributed by atoms with van der Waals surface area (Å²) in [5, 5.41) is -0.606. The van der Waals surface area contributed by atoms with Gasteiger partial charge in [-0.05, 0) is 37.3 Å². The summed E-state index contributed by atoms with van der Waals surface area (Å²) in [7, 11) is 0. The Kier molecular flexibility index (Phi) is 4.96. The summed E-state index contributed by atoms with van der Waals surface area (Å²) in [6.45, 7) is 3.16. The van der Waals surface area contributed by atoms with Crippen LogP contribution in [0.3, 0.4) is 0 Å². The number of benzene rings is 2. The molecule has 20 heavy (non-hydrogen) atoms. The minimum atomic E-state index is -0.606. The number of hydrogen-bond acceptors (Lipinski definition) is 1. The van der Waals surface area contributed by atoms with Crippen molar-refractivity contribution in [2.45, 2.75) is 12.3 Å². The summed E-state index contributed by atoms with van der Waals surface area (Å²) >= 11 is 6.26. The number of anilines is 1. The first-order chi connectivity index (χ1) is 9.61. The Balaban J connectivity index is 2.17. The molecule has 2 aromatic carbocycles. The van der Waals surface area contributed by atoms with Gasteiger partial charge in [0.05, 0.1) is 5.38 Å². The summed E-state index contributed by atoms with van der Waals surface area (Å²) < 4.78 is 26.9. The zero-order valence-corrected chi connectivity index (χ0v) is 11.9. The van der Waals surface area contributed by atoms with Crippen molar-refractivity contribution in [2.75, 3.05) is 18.0 Å². The van der Waals surface area contributed by atoms with Gasteiger partial charge >= 0.3 is 0 Å². The van der Waals surface area contributed by atoms with Crippen LogP contribution in [0.1, 0.15) is 17.9 Å². The zero-order chi connectivity index (χ0) is 14.5. The van der Waals surface area contributed by atoms with E-state index in [1.807, 2.05) is 42.2 Å². The molecule has 1 nitrogen and oxygen atoms in total. The van der Waals surface area contributed by atoms with Crippen molar-refractivity contribution in [3.8, 4) is 0 Å². The number of rotatable bonds is 5. The molecule has 2 rings (SSSR count). The number of para-hydroxylation sites is 1. The second-order valence-electron chi connectivity index (χ2n) is 4.51. The van der Waals surface area contributed by atoms with Crippen LogP contribution in [0.2, 0.25) is 0 Å². The summed E-state index contributed by atoms with van der Waals surface area (Å²) in [4.78, 5) is 2.03. The Morgan fingerprint density at radius 2 is 1.80 bits per heavy atom. The van der Waals surface area contributed by atoms with Crippen LogP contribution < -0.4 is 4.90 Å². The van der Waals surface area contributed by atoms with E-state index in [4.69, 9.17) is 11.6 Å². The van der Waals surface area contributed by atoms with Gasteiger partial charge in [0, 0.05) is 24.3 Å². The Labute approximate surface area is 122 Å². The van der Waals surface area contributed by atoms with Crippen molar-refractivity contribution in [3.05, 3.63) is 65.7 Å². The molecule has 0 aliphatic heterocycles. The number of alkyl halides is 1. The Morgan fingerprint density at radius 1 is 1.10 bits per heavy atom. The van der Waals surface area contributed by atoms with E-state index in [2.05, 4.69) is 0 Å². The molecular weight excluding hydrogens is 280 g/mol. The summed E-state index contributed by atoms with van der Waals surface area (Å²) in [5.41, 5.74) is 1.21. The molecule has 0 bridgehead atoms. The highest BCUT2D eigenvalue weighted by molar-refractivity contribution is 6.21. The smallest absolute Gasteiger partial charge is 0.128 e. The van der Waals surface area contributed by atoms with Gasteiger partial charge in [-0.2, -0.15) is 0 Å². The lowest BCUT2D eigenvalue weighted by Gasteiger charge is -2.26. The van der Waals surface area contributed by atoms with Gasteiger partial charge < -0.3 is 4.90 Å². The highest BCUT2D eigenvalue weighted by Crippen LogP contribution is 2.27. The standard InChI is InChI=1S/C16H16ClF2N/c1-2-20(13-6-4-3-5-7-13)11-15(17)14-10-12(18)8-9-16(14)19/h3-10,15H,2,11H2,1H3. The van der Waals surface area contributed by atoms with E-state index in [9.17, 15) is 8.78 Å². The highest BCUT2D eigenvalue weighted by atomic mass is 35.5. The third kappa shape index (κ3) is 3.48. The molecule has 0 aliphatic rings. The van der Waals surface area contributed by atoms with Gasteiger partial charge in [-0.25, -0.2) is 8.78 Å². The van der Waals surface area contributed by atoms with Crippen LogP contribution in [0, 0.1) is 11.6 Å². The molecule has 2 aromatic rings. The topological polar surface area (TPSA) is 3.24 Å². The van der Waals surface area contributed by atoms with E-state index in [0.29, 0.717) is 6.54 Å². The number of hydrogen-bond donors (Lipinski definition) is 0. The number of nitrogens with zero attached hydrogens (tertiary/aromatic N) is 1. The van der Waals surface area contributed by atoms with E-state index >= 15 is 0 Å². The summed E-state index contributed by atoms with van der Waals surface area (Å²) in [6.07, 6.45) is 0. The number of likely N-dealkylation sites (N-methyl/N-ethyl adjacent to an activating group) is 1. The highest BCUT2D eigenvalue weighted by Gasteiger charge is 2.17. The summed E-state index contributed by atoms with van der Waals surface area (Å²) in [5.74, 6) is -0.953. The zero-order valence-electron chi connectivity index (χ0n) is 11.2. The molecule has 0 aliphatic carbocycles. The average molecular weight is 296 g/mol. The van der Waals surface area contributed by atoms with E-state index in [0.717, 1.165) is 30.4 Å². The van der Waals surface area contributed by atoms with Crippen LogP contribution in [0.15, 0.2) is 48.5 Å².